The Hall–Kier alpha value is -0.730. The number of aliphatic hydroxyl groups excluding tert-OH is 1. The zero-order valence-electron chi connectivity index (χ0n) is 8.82. The summed E-state index contributed by atoms with van der Waals surface area (Å²) in [6.45, 7) is 1.86. The molecule has 0 aromatic rings. The number of nitriles is 1. The first-order valence-corrected chi connectivity index (χ1v) is 6.18. The fourth-order valence-corrected chi connectivity index (χ4v) is 1.97. The first-order valence-electron chi connectivity index (χ1n) is 5.03. The molecule has 1 rings (SSSR count). The smallest absolute Gasteiger partial charge is 0.231 e. The van der Waals surface area contributed by atoms with Gasteiger partial charge >= 0.3 is 0 Å². The summed E-state index contributed by atoms with van der Waals surface area (Å²) in [5.41, 5.74) is -0.698. The van der Waals surface area contributed by atoms with E-state index in [2.05, 4.69) is 11.4 Å². The molecule has 0 aromatic heterocycles. The Morgan fingerprint density at radius 2 is 2.40 bits per heavy atom. The number of hydrogen-bond donors (Lipinski definition) is 2. The highest BCUT2D eigenvalue weighted by molar-refractivity contribution is 7.99. The van der Waals surface area contributed by atoms with E-state index in [0.717, 1.165) is 12.8 Å². The average Bonchev–Trinajstić information content (AvgIpc) is 3.01. The molecule has 0 saturated heterocycles. The first-order chi connectivity index (χ1) is 7.12. The summed E-state index contributed by atoms with van der Waals surface area (Å²) < 4.78 is 0. The summed E-state index contributed by atoms with van der Waals surface area (Å²) in [6, 6.07) is 2.17. The van der Waals surface area contributed by atoms with Gasteiger partial charge in [-0.05, 0) is 25.7 Å². The van der Waals surface area contributed by atoms with Crippen molar-refractivity contribution in [1.82, 2.24) is 5.32 Å². The van der Waals surface area contributed by atoms with E-state index in [-0.39, 0.29) is 12.5 Å². The number of rotatable bonds is 6. The van der Waals surface area contributed by atoms with Crippen molar-refractivity contribution in [2.24, 2.45) is 5.92 Å². The van der Waals surface area contributed by atoms with Crippen molar-refractivity contribution in [2.75, 3.05) is 18.1 Å². The van der Waals surface area contributed by atoms with Gasteiger partial charge in [0, 0.05) is 5.75 Å². The predicted molar refractivity (Wildman–Crippen MR) is 59.3 cm³/mol. The summed E-state index contributed by atoms with van der Waals surface area (Å²) in [5, 5.41) is 20.3. The molecule has 0 heterocycles. The molecule has 4 nitrogen and oxygen atoms in total. The molecule has 2 N–H and O–H groups in total. The second-order valence-corrected chi connectivity index (χ2v) is 5.02. The number of amides is 1. The zero-order valence-corrected chi connectivity index (χ0v) is 9.64. The summed E-state index contributed by atoms with van der Waals surface area (Å²) in [5.74, 6) is 1.06. The molecule has 1 amide bonds. The third-order valence-corrected chi connectivity index (χ3v) is 3.43. The molecule has 5 heteroatoms. The van der Waals surface area contributed by atoms with Gasteiger partial charge in [-0.25, -0.2) is 0 Å². The van der Waals surface area contributed by atoms with Crippen molar-refractivity contribution < 1.29 is 9.90 Å². The molecule has 0 spiro atoms. The van der Waals surface area contributed by atoms with Crippen LogP contribution in [0.1, 0.15) is 19.8 Å². The highest BCUT2D eigenvalue weighted by Gasteiger charge is 2.42. The van der Waals surface area contributed by atoms with Gasteiger partial charge in [0.2, 0.25) is 5.91 Å². The van der Waals surface area contributed by atoms with Crippen LogP contribution >= 0.6 is 11.8 Å². The molecule has 1 saturated carbocycles. The van der Waals surface area contributed by atoms with Gasteiger partial charge in [0.25, 0.3) is 0 Å². The van der Waals surface area contributed by atoms with E-state index in [9.17, 15) is 4.79 Å². The van der Waals surface area contributed by atoms with Gasteiger partial charge < -0.3 is 10.4 Å². The van der Waals surface area contributed by atoms with E-state index in [0.29, 0.717) is 17.4 Å². The third-order valence-electron chi connectivity index (χ3n) is 2.49. The molecule has 1 aliphatic carbocycles. The average molecular weight is 228 g/mol. The fraction of sp³-hybridized carbons (Fsp3) is 0.800. The van der Waals surface area contributed by atoms with Crippen molar-refractivity contribution >= 4 is 17.7 Å². The van der Waals surface area contributed by atoms with Gasteiger partial charge in [0.05, 0.1) is 18.4 Å². The normalized spacial score (nSPS) is 19.0. The van der Waals surface area contributed by atoms with E-state index < -0.39 is 5.54 Å². The number of carbonyl (C=O) groups excluding carboxylic acids is 1. The van der Waals surface area contributed by atoms with Gasteiger partial charge in [-0.1, -0.05) is 0 Å². The standard InChI is InChI=1S/C10H16N2O2S/c1-10(7-11,8-2-3-8)12-9(14)6-15-5-4-13/h8,13H,2-6H2,1H3,(H,12,14). The van der Waals surface area contributed by atoms with Crippen LogP contribution in [0.25, 0.3) is 0 Å². The molecular weight excluding hydrogens is 212 g/mol. The summed E-state index contributed by atoms with van der Waals surface area (Å²) in [6.07, 6.45) is 2.04. The fourth-order valence-electron chi connectivity index (χ4n) is 1.44. The lowest BCUT2D eigenvalue weighted by Crippen LogP contribution is -2.47. The van der Waals surface area contributed by atoms with Crippen LogP contribution in [0.5, 0.6) is 0 Å². The Kier molecular flexibility index (Phi) is 4.43. The van der Waals surface area contributed by atoms with Crippen LogP contribution < -0.4 is 5.32 Å². The van der Waals surface area contributed by atoms with Crippen LogP contribution in [-0.2, 0) is 4.79 Å². The van der Waals surface area contributed by atoms with Crippen molar-refractivity contribution in [3.63, 3.8) is 0 Å². The first kappa shape index (κ1) is 12.3. The van der Waals surface area contributed by atoms with E-state index in [1.807, 2.05) is 0 Å². The molecular formula is C10H16N2O2S. The molecule has 0 bridgehead atoms. The van der Waals surface area contributed by atoms with E-state index in [1.54, 1.807) is 6.92 Å². The topological polar surface area (TPSA) is 73.1 Å². The van der Waals surface area contributed by atoms with Gasteiger partial charge in [-0.15, -0.1) is 11.8 Å². The maximum atomic E-state index is 11.5. The molecule has 1 unspecified atom stereocenters. The molecule has 1 atom stereocenters. The van der Waals surface area contributed by atoms with Crippen molar-refractivity contribution in [3.05, 3.63) is 0 Å². The van der Waals surface area contributed by atoms with Crippen molar-refractivity contribution in [2.45, 2.75) is 25.3 Å². The molecule has 15 heavy (non-hydrogen) atoms. The van der Waals surface area contributed by atoms with Gasteiger partial charge in [-0.3, -0.25) is 4.79 Å². The Morgan fingerprint density at radius 3 is 2.87 bits per heavy atom. The predicted octanol–water partition coefficient (Wildman–Crippen LogP) is 0.520. The number of carbonyl (C=O) groups is 1. The minimum atomic E-state index is -0.698. The van der Waals surface area contributed by atoms with Crippen LogP contribution in [0.3, 0.4) is 0 Å². The van der Waals surface area contributed by atoms with E-state index >= 15 is 0 Å². The Labute approximate surface area is 94.0 Å². The van der Waals surface area contributed by atoms with Crippen LogP contribution in [0.15, 0.2) is 0 Å². The largest absolute Gasteiger partial charge is 0.396 e. The monoisotopic (exact) mass is 228 g/mol. The number of nitrogens with one attached hydrogen (secondary N) is 1. The molecule has 1 fully saturated rings. The van der Waals surface area contributed by atoms with Gasteiger partial charge in [0.15, 0.2) is 0 Å². The minimum absolute atomic E-state index is 0.0795. The lowest BCUT2D eigenvalue weighted by Gasteiger charge is -2.22. The second kappa shape index (κ2) is 5.38. The Balaban J connectivity index is 2.32. The highest BCUT2D eigenvalue weighted by Crippen LogP contribution is 2.39. The van der Waals surface area contributed by atoms with Gasteiger partial charge in [0.1, 0.15) is 5.54 Å². The van der Waals surface area contributed by atoms with Crippen molar-refractivity contribution in [3.8, 4) is 6.07 Å². The van der Waals surface area contributed by atoms with Crippen LogP contribution in [0, 0.1) is 17.2 Å². The van der Waals surface area contributed by atoms with E-state index in [1.165, 1.54) is 11.8 Å². The number of aliphatic hydroxyl groups is 1. The molecule has 1 aliphatic rings. The number of thioether (sulfide) groups is 1. The summed E-state index contributed by atoms with van der Waals surface area (Å²) in [4.78, 5) is 11.5. The molecule has 0 aliphatic heterocycles. The van der Waals surface area contributed by atoms with Crippen LogP contribution in [0.4, 0.5) is 0 Å². The number of nitrogens with zero attached hydrogens (tertiary/aromatic N) is 1. The zero-order chi connectivity index (χ0) is 11.3. The lowest BCUT2D eigenvalue weighted by molar-refractivity contribution is -0.119. The second-order valence-electron chi connectivity index (χ2n) is 3.91. The van der Waals surface area contributed by atoms with Gasteiger partial charge in [-0.2, -0.15) is 5.26 Å². The molecule has 0 radical (unpaired) electrons. The summed E-state index contributed by atoms with van der Waals surface area (Å²) in [7, 11) is 0. The molecule has 0 aromatic carbocycles. The number of hydrogen-bond acceptors (Lipinski definition) is 4. The van der Waals surface area contributed by atoms with Crippen LogP contribution in [-0.4, -0.2) is 34.7 Å². The Morgan fingerprint density at radius 1 is 1.73 bits per heavy atom. The maximum absolute atomic E-state index is 11.5. The third kappa shape index (κ3) is 3.73. The van der Waals surface area contributed by atoms with E-state index in [4.69, 9.17) is 10.4 Å². The van der Waals surface area contributed by atoms with Crippen molar-refractivity contribution in [1.29, 1.82) is 5.26 Å². The SMILES string of the molecule is CC(C#N)(NC(=O)CSCCO)C1CC1. The van der Waals surface area contributed by atoms with Crippen LogP contribution in [0.2, 0.25) is 0 Å². The molecule has 84 valence electrons. The quantitative estimate of drug-likeness (QED) is 0.650. The highest BCUT2D eigenvalue weighted by atomic mass is 32.2. The summed E-state index contributed by atoms with van der Waals surface area (Å²) >= 11 is 1.37. The maximum Gasteiger partial charge on any atom is 0.231 e. The lowest BCUT2D eigenvalue weighted by atomic mass is 9.98. The minimum Gasteiger partial charge on any atom is -0.396 e. The Bertz CT molecular complexity index is 273.